The van der Waals surface area contributed by atoms with E-state index in [0.29, 0.717) is 11.5 Å². The molecule has 0 radical (unpaired) electrons. The van der Waals surface area contributed by atoms with E-state index in [1.807, 2.05) is 12.1 Å². The second-order valence-electron chi connectivity index (χ2n) is 5.10. The van der Waals surface area contributed by atoms with Gasteiger partial charge in [-0.3, -0.25) is 19.3 Å². The van der Waals surface area contributed by atoms with Crippen molar-refractivity contribution in [3.63, 3.8) is 0 Å². The summed E-state index contributed by atoms with van der Waals surface area (Å²) in [6, 6.07) is 8.84. The van der Waals surface area contributed by atoms with Crippen LogP contribution in [0.2, 0.25) is 5.02 Å². The maximum atomic E-state index is 12.4. The number of benzene rings is 1. The molecule has 8 nitrogen and oxygen atoms in total. The van der Waals surface area contributed by atoms with Crippen LogP contribution in [0.15, 0.2) is 42.6 Å². The number of hydrogen-bond acceptors (Lipinski definition) is 5. The van der Waals surface area contributed by atoms with Gasteiger partial charge in [-0.25, -0.2) is 0 Å². The second-order valence-corrected chi connectivity index (χ2v) is 5.54. The number of nitrogens with zero attached hydrogens (tertiary/aromatic N) is 4. The third-order valence-electron chi connectivity index (χ3n) is 3.48. The van der Waals surface area contributed by atoms with Gasteiger partial charge in [0, 0.05) is 17.3 Å². The van der Waals surface area contributed by atoms with E-state index in [9.17, 15) is 14.9 Å². The fourth-order valence-corrected chi connectivity index (χ4v) is 2.51. The van der Waals surface area contributed by atoms with Gasteiger partial charge < -0.3 is 5.32 Å². The highest BCUT2D eigenvalue weighted by Crippen LogP contribution is 2.24. The van der Waals surface area contributed by atoms with Gasteiger partial charge in [0.2, 0.25) is 0 Å². The molecule has 2 heterocycles. The van der Waals surface area contributed by atoms with Crippen molar-refractivity contribution in [3.8, 4) is 0 Å². The topological polar surface area (TPSA) is 102 Å². The molecule has 1 aromatic carbocycles. The first-order chi connectivity index (χ1) is 11.5. The van der Waals surface area contributed by atoms with Crippen molar-refractivity contribution in [2.45, 2.75) is 13.0 Å². The van der Waals surface area contributed by atoms with Gasteiger partial charge in [-0.15, -0.1) is 10.2 Å². The number of hydrogen-bond donors (Lipinski definition) is 1. The number of nitrogens with one attached hydrogen (secondary N) is 1. The summed E-state index contributed by atoms with van der Waals surface area (Å²) in [6.07, 6.45) is 1.78. The van der Waals surface area contributed by atoms with Gasteiger partial charge in [0.25, 0.3) is 11.6 Å². The van der Waals surface area contributed by atoms with Crippen LogP contribution in [0.1, 0.15) is 29.1 Å². The lowest BCUT2D eigenvalue weighted by atomic mass is 10.1. The molecular formula is C15H12ClN5O3. The summed E-state index contributed by atoms with van der Waals surface area (Å²) in [6.45, 7) is 1.73. The van der Waals surface area contributed by atoms with Gasteiger partial charge in [0.05, 0.1) is 11.0 Å². The largest absolute Gasteiger partial charge is 0.342 e. The van der Waals surface area contributed by atoms with Crippen LogP contribution < -0.4 is 5.32 Å². The molecule has 9 heteroatoms. The molecule has 0 fully saturated rings. The Morgan fingerprint density at radius 3 is 2.88 bits per heavy atom. The van der Waals surface area contributed by atoms with E-state index in [0.717, 1.165) is 6.07 Å². The normalized spacial score (nSPS) is 12.1. The SMILES string of the molecule is CC(NC(=O)c1ccc(Cl)cc1[N+](=O)[O-])c1nnc2ccccn12. The Balaban J connectivity index is 1.88. The van der Waals surface area contributed by atoms with Crippen LogP contribution in [-0.2, 0) is 0 Å². The summed E-state index contributed by atoms with van der Waals surface area (Å²) in [4.78, 5) is 22.9. The van der Waals surface area contributed by atoms with Gasteiger partial charge in [0.15, 0.2) is 11.5 Å². The molecule has 0 aliphatic heterocycles. The molecule has 0 aliphatic rings. The number of carbonyl (C=O) groups excluding carboxylic acids is 1. The Morgan fingerprint density at radius 1 is 1.33 bits per heavy atom. The third kappa shape index (κ3) is 2.91. The minimum Gasteiger partial charge on any atom is -0.342 e. The first kappa shape index (κ1) is 15.9. The zero-order valence-electron chi connectivity index (χ0n) is 12.5. The van der Waals surface area contributed by atoms with Crippen molar-refractivity contribution < 1.29 is 9.72 Å². The molecule has 122 valence electrons. The second kappa shape index (κ2) is 6.25. The van der Waals surface area contributed by atoms with E-state index in [1.54, 1.807) is 23.6 Å². The van der Waals surface area contributed by atoms with Crippen LogP contribution >= 0.6 is 11.6 Å². The van der Waals surface area contributed by atoms with E-state index in [4.69, 9.17) is 11.6 Å². The molecule has 1 N–H and O–H groups in total. The van der Waals surface area contributed by atoms with Crippen LogP contribution in [0.3, 0.4) is 0 Å². The summed E-state index contributed by atoms with van der Waals surface area (Å²) in [5, 5.41) is 22.1. The number of pyridine rings is 1. The average molecular weight is 346 g/mol. The van der Waals surface area contributed by atoms with E-state index >= 15 is 0 Å². The molecule has 1 atom stereocenters. The summed E-state index contributed by atoms with van der Waals surface area (Å²) in [5.74, 6) is -0.0610. The Kier molecular flexibility index (Phi) is 4.13. The predicted molar refractivity (Wildman–Crippen MR) is 87.0 cm³/mol. The van der Waals surface area contributed by atoms with Crippen molar-refractivity contribution >= 4 is 28.8 Å². The number of halogens is 1. The summed E-state index contributed by atoms with van der Waals surface area (Å²) in [5.41, 5.74) is 0.231. The van der Waals surface area contributed by atoms with Crippen LogP contribution in [0.5, 0.6) is 0 Å². The Labute approximate surface area is 141 Å². The number of nitro groups is 1. The summed E-state index contributed by atoms with van der Waals surface area (Å²) >= 11 is 5.76. The van der Waals surface area contributed by atoms with E-state index in [1.165, 1.54) is 12.1 Å². The van der Waals surface area contributed by atoms with E-state index in [-0.39, 0.29) is 16.3 Å². The molecule has 0 saturated heterocycles. The molecule has 1 unspecified atom stereocenters. The van der Waals surface area contributed by atoms with Crippen LogP contribution in [0.4, 0.5) is 5.69 Å². The molecule has 24 heavy (non-hydrogen) atoms. The molecule has 0 aliphatic carbocycles. The van der Waals surface area contributed by atoms with Crippen molar-refractivity contribution in [2.24, 2.45) is 0 Å². The number of fused-ring (bicyclic) bond motifs is 1. The van der Waals surface area contributed by atoms with Gasteiger partial charge in [-0.1, -0.05) is 17.7 Å². The van der Waals surface area contributed by atoms with Crippen LogP contribution in [0, 0.1) is 10.1 Å². The maximum absolute atomic E-state index is 12.4. The first-order valence-electron chi connectivity index (χ1n) is 7.02. The highest BCUT2D eigenvalue weighted by molar-refractivity contribution is 6.31. The monoisotopic (exact) mass is 345 g/mol. The average Bonchev–Trinajstić information content (AvgIpc) is 2.98. The fraction of sp³-hybridized carbons (Fsp3) is 0.133. The van der Waals surface area contributed by atoms with Crippen molar-refractivity contribution in [2.75, 3.05) is 0 Å². The number of nitro benzene ring substituents is 1. The lowest BCUT2D eigenvalue weighted by Crippen LogP contribution is -2.28. The lowest BCUT2D eigenvalue weighted by molar-refractivity contribution is -0.385. The summed E-state index contributed by atoms with van der Waals surface area (Å²) in [7, 11) is 0. The number of amides is 1. The van der Waals surface area contributed by atoms with E-state index < -0.39 is 16.9 Å². The van der Waals surface area contributed by atoms with Crippen LogP contribution in [-0.4, -0.2) is 25.4 Å². The number of rotatable bonds is 4. The smallest absolute Gasteiger partial charge is 0.283 e. The minimum absolute atomic E-state index is 0.0647. The molecule has 1 amide bonds. The molecule has 3 rings (SSSR count). The van der Waals surface area contributed by atoms with Gasteiger partial charge in [-0.2, -0.15) is 0 Å². The van der Waals surface area contributed by atoms with E-state index in [2.05, 4.69) is 15.5 Å². The van der Waals surface area contributed by atoms with Crippen molar-refractivity contribution in [1.29, 1.82) is 0 Å². The number of carbonyl (C=O) groups is 1. The molecule has 0 bridgehead atoms. The highest BCUT2D eigenvalue weighted by Gasteiger charge is 2.23. The Hall–Kier alpha value is -3.00. The molecule has 0 saturated carbocycles. The highest BCUT2D eigenvalue weighted by atomic mass is 35.5. The fourth-order valence-electron chi connectivity index (χ4n) is 2.34. The minimum atomic E-state index is -0.641. The van der Waals surface area contributed by atoms with Crippen molar-refractivity contribution in [3.05, 3.63) is 69.1 Å². The molecular weight excluding hydrogens is 334 g/mol. The molecule has 2 aromatic heterocycles. The van der Waals surface area contributed by atoms with Crippen LogP contribution in [0.25, 0.3) is 5.65 Å². The quantitative estimate of drug-likeness (QED) is 0.578. The standard InChI is InChI=1S/C15H12ClN5O3/c1-9(14-19-18-13-4-2-3-7-20(13)14)17-15(22)11-6-5-10(16)8-12(11)21(23)24/h2-9H,1H3,(H,17,22). The third-order valence-corrected chi connectivity index (χ3v) is 3.71. The van der Waals surface area contributed by atoms with Crippen molar-refractivity contribution in [1.82, 2.24) is 19.9 Å². The van der Waals surface area contributed by atoms with Gasteiger partial charge in [-0.05, 0) is 31.2 Å². The molecule has 0 spiro atoms. The lowest BCUT2D eigenvalue weighted by Gasteiger charge is -2.12. The zero-order chi connectivity index (χ0) is 17.3. The Morgan fingerprint density at radius 2 is 2.12 bits per heavy atom. The zero-order valence-corrected chi connectivity index (χ0v) is 13.3. The van der Waals surface area contributed by atoms with Gasteiger partial charge >= 0.3 is 0 Å². The predicted octanol–water partition coefficient (Wildman–Crippen LogP) is 2.78. The summed E-state index contributed by atoms with van der Waals surface area (Å²) < 4.78 is 1.74. The Bertz CT molecular complexity index is 940. The number of aromatic nitrogens is 3. The first-order valence-corrected chi connectivity index (χ1v) is 7.39. The maximum Gasteiger partial charge on any atom is 0.283 e. The molecule has 3 aromatic rings. The van der Waals surface area contributed by atoms with Gasteiger partial charge in [0.1, 0.15) is 5.56 Å².